The molecule has 0 aliphatic heterocycles. The van der Waals surface area contributed by atoms with E-state index in [1.54, 1.807) is 16.8 Å². The number of nitrogens with two attached hydrogens (primary N) is 1. The molecule has 0 bridgehead atoms. The fraction of sp³-hybridized carbons (Fsp3) is 0.235. The Hall–Kier alpha value is -2.33. The Morgan fingerprint density at radius 3 is 2.33 bits per heavy atom. The molecule has 0 saturated heterocycles. The van der Waals surface area contributed by atoms with Gasteiger partial charge in [0.25, 0.3) is 5.56 Å². The third-order valence-electron chi connectivity index (χ3n) is 3.27. The molecule has 0 aliphatic carbocycles. The van der Waals surface area contributed by atoms with E-state index in [4.69, 9.17) is 5.73 Å². The summed E-state index contributed by atoms with van der Waals surface area (Å²) >= 11 is 0. The Balaban J connectivity index is 2.13. The van der Waals surface area contributed by atoms with Crippen molar-refractivity contribution in [3.05, 3.63) is 64.1 Å². The summed E-state index contributed by atoms with van der Waals surface area (Å²) in [5, 5.41) is 0. The Morgan fingerprint density at radius 1 is 1.10 bits per heavy atom. The van der Waals surface area contributed by atoms with Crippen LogP contribution >= 0.6 is 0 Å². The van der Waals surface area contributed by atoms with E-state index in [9.17, 15) is 4.79 Å². The standard InChI is InChI=1S/C17H21N3O/c1-19(2)16-7-5-14(6-8-16)3-4-15-9-11-20(12-10-18)17(21)13-15/h3-9,11,13H,10,12,18H2,1-2H3/b4-3+. The average Bonchev–Trinajstić information content (AvgIpc) is 2.48. The molecular formula is C17H21N3O. The maximum atomic E-state index is 11.8. The SMILES string of the molecule is CN(C)c1ccc(/C=C/c2ccn(CCN)c(=O)c2)cc1. The number of hydrogen-bond donors (Lipinski definition) is 1. The van der Waals surface area contributed by atoms with Gasteiger partial charge in [-0.1, -0.05) is 24.3 Å². The van der Waals surface area contributed by atoms with Gasteiger partial charge in [0.2, 0.25) is 0 Å². The van der Waals surface area contributed by atoms with E-state index >= 15 is 0 Å². The zero-order chi connectivity index (χ0) is 15.2. The van der Waals surface area contributed by atoms with Crippen molar-refractivity contribution in [3.63, 3.8) is 0 Å². The number of nitrogens with zero attached hydrogens (tertiary/aromatic N) is 2. The van der Waals surface area contributed by atoms with E-state index in [0.717, 1.165) is 16.8 Å². The highest BCUT2D eigenvalue weighted by molar-refractivity contribution is 5.70. The number of rotatable bonds is 5. The molecule has 0 amide bonds. The van der Waals surface area contributed by atoms with Crippen LogP contribution in [0.15, 0.2) is 47.4 Å². The van der Waals surface area contributed by atoms with Crippen molar-refractivity contribution in [1.82, 2.24) is 4.57 Å². The van der Waals surface area contributed by atoms with E-state index in [2.05, 4.69) is 29.2 Å². The molecule has 0 aliphatic rings. The Labute approximate surface area is 125 Å². The molecule has 0 saturated carbocycles. The van der Waals surface area contributed by atoms with Crippen LogP contribution in [0.3, 0.4) is 0 Å². The predicted octanol–water partition coefficient (Wildman–Crippen LogP) is 2.04. The van der Waals surface area contributed by atoms with Crippen LogP contribution in [0.5, 0.6) is 0 Å². The minimum Gasteiger partial charge on any atom is -0.378 e. The monoisotopic (exact) mass is 283 g/mol. The predicted molar refractivity (Wildman–Crippen MR) is 89.5 cm³/mol. The second-order valence-corrected chi connectivity index (χ2v) is 5.10. The van der Waals surface area contributed by atoms with Gasteiger partial charge >= 0.3 is 0 Å². The Bertz CT molecular complexity index is 669. The molecule has 0 unspecified atom stereocenters. The van der Waals surface area contributed by atoms with E-state index in [1.807, 2.05) is 32.3 Å². The van der Waals surface area contributed by atoms with Gasteiger partial charge in [-0.15, -0.1) is 0 Å². The smallest absolute Gasteiger partial charge is 0.251 e. The molecule has 2 N–H and O–H groups in total. The van der Waals surface area contributed by atoms with Crippen molar-refractivity contribution in [2.24, 2.45) is 5.73 Å². The van der Waals surface area contributed by atoms with Crippen LogP contribution in [0.4, 0.5) is 5.69 Å². The summed E-state index contributed by atoms with van der Waals surface area (Å²) in [5.74, 6) is 0. The average molecular weight is 283 g/mol. The molecule has 0 fully saturated rings. The zero-order valence-corrected chi connectivity index (χ0v) is 12.5. The van der Waals surface area contributed by atoms with Crippen molar-refractivity contribution in [2.75, 3.05) is 25.5 Å². The number of aromatic nitrogens is 1. The maximum Gasteiger partial charge on any atom is 0.251 e. The molecule has 2 rings (SSSR count). The molecule has 0 atom stereocenters. The van der Waals surface area contributed by atoms with Crippen molar-refractivity contribution in [3.8, 4) is 0 Å². The second-order valence-electron chi connectivity index (χ2n) is 5.10. The summed E-state index contributed by atoms with van der Waals surface area (Å²) in [7, 11) is 4.03. The first-order chi connectivity index (χ1) is 10.1. The summed E-state index contributed by atoms with van der Waals surface area (Å²) in [6, 6.07) is 11.8. The van der Waals surface area contributed by atoms with Crippen LogP contribution in [-0.2, 0) is 6.54 Å². The molecule has 1 aromatic heterocycles. The van der Waals surface area contributed by atoms with E-state index < -0.39 is 0 Å². The largest absolute Gasteiger partial charge is 0.378 e. The van der Waals surface area contributed by atoms with E-state index in [-0.39, 0.29) is 5.56 Å². The summed E-state index contributed by atoms with van der Waals surface area (Å²) in [5.41, 5.74) is 8.60. The normalized spacial score (nSPS) is 11.0. The lowest BCUT2D eigenvalue weighted by atomic mass is 10.1. The number of benzene rings is 1. The first-order valence-corrected chi connectivity index (χ1v) is 6.96. The summed E-state index contributed by atoms with van der Waals surface area (Å²) in [6.45, 7) is 1.02. The van der Waals surface area contributed by atoms with E-state index in [0.29, 0.717) is 13.1 Å². The molecule has 2 aromatic rings. The third kappa shape index (κ3) is 4.07. The van der Waals surface area contributed by atoms with Gasteiger partial charge in [0.05, 0.1) is 0 Å². The maximum absolute atomic E-state index is 11.8. The van der Waals surface area contributed by atoms with Gasteiger partial charge in [-0.05, 0) is 29.3 Å². The molecule has 0 radical (unpaired) electrons. The Morgan fingerprint density at radius 2 is 1.76 bits per heavy atom. The molecule has 110 valence electrons. The van der Waals surface area contributed by atoms with Crippen molar-refractivity contribution >= 4 is 17.8 Å². The van der Waals surface area contributed by atoms with Gasteiger partial charge < -0.3 is 15.2 Å². The summed E-state index contributed by atoms with van der Waals surface area (Å²) in [4.78, 5) is 13.9. The first-order valence-electron chi connectivity index (χ1n) is 6.96. The zero-order valence-electron chi connectivity index (χ0n) is 12.5. The van der Waals surface area contributed by atoms with E-state index in [1.165, 1.54) is 0 Å². The molecule has 21 heavy (non-hydrogen) atoms. The summed E-state index contributed by atoms with van der Waals surface area (Å²) in [6.07, 6.45) is 5.73. The van der Waals surface area contributed by atoms with Gasteiger partial charge in [-0.3, -0.25) is 4.79 Å². The van der Waals surface area contributed by atoms with Gasteiger partial charge in [0.1, 0.15) is 0 Å². The van der Waals surface area contributed by atoms with Crippen molar-refractivity contribution in [1.29, 1.82) is 0 Å². The van der Waals surface area contributed by atoms with Crippen LogP contribution < -0.4 is 16.2 Å². The number of pyridine rings is 1. The molecule has 1 aromatic carbocycles. The first kappa shape index (κ1) is 15.1. The van der Waals surface area contributed by atoms with Crippen LogP contribution in [0, 0.1) is 0 Å². The fourth-order valence-corrected chi connectivity index (χ4v) is 2.03. The highest BCUT2D eigenvalue weighted by atomic mass is 16.1. The minimum absolute atomic E-state index is 0.0226. The van der Waals surface area contributed by atoms with Crippen molar-refractivity contribution < 1.29 is 0 Å². The highest BCUT2D eigenvalue weighted by Gasteiger charge is 1.96. The lowest BCUT2D eigenvalue weighted by Crippen LogP contribution is -2.22. The molecule has 1 heterocycles. The van der Waals surface area contributed by atoms with Gasteiger partial charge in [0.15, 0.2) is 0 Å². The topological polar surface area (TPSA) is 51.3 Å². The molecular weight excluding hydrogens is 262 g/mol. The molecule has 4 nitrogen and oxygen atoms in total. The van der Waals surface area contributed by atoms with Crippen molar-refractivity contribution in [2.45, 2.75) is 6.54 Å². The number of anilines is 1. The van der Waals surface area contributed by atoms with Crippen LogP contribution in [0.2, 0.25) is 0 Å². The minimum atomic E-state index is -0.0226. The second kappa shape index (κ2) is 6.90. The molecule has 0 spiro atoms. The number of hydrogen-bond acceptors (Lipinski definition) is 3. The van der Waals surface area contributed by atoms with Crippen LogP contribution in [-0.4, -0.2) is 25.2 Å². The quantitative estimate of drug-likeness (QED) is 0.913. The van der Waals surface area contributed by atoms with Gasteiger partial charge in [0, 0.05) is 45.1 Å². The Kier molecular flexibility index (Phi) is 4.95. The van der Waals surface area contributed by atoms with Gasteiger partial charge in [-0.2, -0.15) is 0 Å². The van der Waals surface area contributed by atoms with Crippen LogP contribution in [0.25, 0.3) is 12.2 Å². The lowest BCUT2D eigenvalue weighted by molar-refractivity contribution is 0.680. The molecule has 4 heteroatoms. The third-order valence-corrected chi connectivity index (χ3v) is 3.27. The fourth-order valence-electron chi connectivity index (χ4n) is 2.03. The highest BCUT2D eigenvalue weighted by Crippen LogP contribution is 2.14. The van der Waals surface area contributed by atoms with Gasteiger partial charge in [-0.25, -0.2) is 0 Å². The summed E-state index contributed by atoms with van der Waals surface area (Å²) < 4.78 is 1.61. The van der Waals surface area contributed by atoms with Crippen LogP contribution in [0.1, 0.15) is 11.1 Å². The lowest BCUT2D eigenvalue weighted by Gasteiger charge is -2.11.